The summed E-state index contributed by atoms with van der Waals surface area (Å²) in [4.78, 5) is 28.6. The van der Waals surface area contributed by atoms with Gasteiger partial charge in [-0.3, -0.25) is 14.3 Å². The Morgan fingerprint density at radius 1 is 1.00 bits per heavy atom. The summed E-state index contributed by atoms with van der Waals surface area (Å²) < 4.78 is 41.6. The van der Waals surface area contributed by atoms with E-state index in [9.17, 15) is 22.8 Å². The fourth-order valence-corrected chi connectivity index (χ4v) is 3.71. The van der Waals surface area contributed by atoms with Crippen molar-refractivity contribution in [1.29, 1.82) is 0 Å². The van der Waals surface area contributed by atoms with Crippen molar-refractivity contribution in [2.45, 2.75) is 32.5 Å². The molecule has 2 amide bonds. The summed E-state index contributed by atoms with van der Waals surface area (Å²) in [5, 5.41) is 4.11. The van der Waals surface area contributed by atoms with Gasteiger partial charge >= 0.3 is 6.18 Å². The third-order valence-corrected chi connectivity index (χ3v) is 5.29. The molecule has 3 rings (SSSR count). The molecule has 1 aromatic carbocycles. The van der Waals surface area contributed by atoms with E-state index >= 15 is 0 Å². The Balaban J connectivity index is 1.79. The minimum atomic E-state index is -4.70. The first-order valence-electron chi connectivity index (χ1n) is 9.59. The molecule has 1 aliphatic rings. The highest BCUT2D eigenvalue weighted by Crippen LogP contribution is 2.34. The van der Waals surface area contributed by atoms with Crippen molar-refractivity contribution in [3.63, 3.8) is 0 Å². The number of halogens is 4. The zero-order valence-electron chi connectivity index (χ0n) is 16.6. The summed E-state index contributed by atoms with van der Waals surface area (Å²) in [6.45, 7) is 4.09. The molecule has 0 atom stereocenters. The Labute approximate surface area is 177 Å². The van der Waals surface area contributed by atoms with Crippen molar-refractivity contribution in [3.8, 4) is 0 Å². The molecule has 1 aliphatic heterocycles. The first-order chi connectivity index (χ1) is 14.1. The van der Waals surface area contributed by atoms with E-state index in [-0.39, 0.29) is 25.5 Å². The van der Waals surface area contributed by atoms with Gasteiger partial charge in [-0.1, -0.05) is 23.7 Å². The molecule has 10 heteroatoms. The molecule has 1 saturated heterocycles. The van der Waals surface area contributed by atoms with Crippen LogP contribution in [0.5, 0.6) is 0 Å². The SMILES string of the molecule is CC(C)n1ncc(C(=O)N2CCCN(C(=O)c3ccccc3Cl)CC2)c1C(F)(F)F. The van der Waals surface area contributed by atoms with Gasteiger partial charge in [-0.15, -0.1) is 0 Å². The topological polar surface area (TPSA) is 58.4 Å². The maximum absolute atomic E-state index is 13.6. The molecule has 1 aromatic heterocycles. The molecule has 0 radical (unpaired) electrons. The number of hydrogen-bond donors (Lipinski definition) is 0. The molecule has 0 N–H and O–H groups in total. The quantitative estimate of drug-likeness (QED) is 0.718. The zero-order chi connectivity index (χ0) is 22.1. The number of carbonyl (C=O) groups is 2. The number of nitrogens with zero attached hydrogens (tertiary/aromatic N) is 4. The van der Waals surface area contributed by atoms with Crippen LogP contribution in [0.25, 0.3) is 0 Å². The summed E-state index contributed by atoms with van der Waals surface area (Å²) in [7, 11) is 0. The van der Waals surface area contributed by atoms with E-state index in [0.717, 1.165) is 10.9 Å². The third kappa shape index (κ3) is 4.45. The highest BCUT2D eigenvalue weighted by atomic mass is 35.5. The van der Waals surface area contributed by atoms with E-state index in [2.05, 4.69) is 5.10 Å². The van der Waals surface area contributed by atoms with Crippen LogP contribution in [-0.4, -0.2) is 57.6 Å². The number of benzene rings is 1. The molecule has 0 spiro atoms. The third-order valence-electron chi connectivity index (χ3n) is 4.96. The lowest BCUT2D eigenvalue weighted by atomic mass is 10.2. The van der Waals surface area contributed by atoms with Gasteiger partial charge < -0.3 is 9.80 Å². The summed E-state index contributed by atoms with van der Waals surface area (Å²) in [6.07, 6.45) is -3.28. The van der Waals surface area contributed by atoms with Crippen molar-refractivity contribution in [1.82, 2.24) is 19.6 Å². The highest BCUT2D eigenvalue weighted by molar-refractivity contribution is 6.33. The van der Waals surface area contributed by atoms with E-state index in [0.29, 0.717) is 23.6 Å². The average molecular weight is 443 g/mol. The van der Waals surface area contributed by atoms with Gasteiger partial charge in [0.15, 0.2) is 5.69 Å². The fraction of sp³-hybridized carbons (Fsp3) is 0.450. The summed E-state index contributed by atoms with van der Waals surface area (Å²) in [5.41, 5.74) is -1.16. The minimum Gasteiger partial charge on any atom is -0.337 e. The second-order valence-electron chi connectivity index (χ2n) is 7.36. The van der Waals surface area contributed by atoms with E-state index in [1.54, 1.807) is 43.0 Å². The number of hydrogen-bond acceptors (Lipinski definition) is 3. The van der Waals surface area contributed by atoms with Crippen LogP contribution >= 0.6 is 11.6 Å². The van der Waals surface area contributed by atoms with Gasteiger partial charge in [0.2, 0.25) is 0 Å². The Morgan fingerprint density at radius 3 is 2.10 bits per heavy atom. The van der Waals surface area contributed by atoms with Crippen LogP contribution in [0, 0.1) is 0 Å². The molecule has 162 valence electrons. The number of alkyl halides is 3. The van der Waals surface area contributed by atoms with Crippen molar-refractivity contribution >= 4 is 23.4 Å². The first kappa shape index (κ1) is 22.1. The van der Waals surface area contributed by atoms with Crippen LogP contribution in [-0.2, 0) is 6.18 Å². The van der Waals surface area contributed by atoms with E-state index in [1.807, 2.05) is 0 Å². The van der Waals surface area contributed by atoms with Crippen molar-refractivity contribution in [2.24, 2.45) is 0 Å². The Hall–Kier alpha value is -2.55. The molecule has 0 saturated carbocycles. The van der Waals surface area contributed by atoms with Crippen LogP contribution in [0.4, 0.5) is 13.2 Å². The van der Waals surface area contributed by atoms with Gasteiger partial charge in [-0.2, -0.15) is 18.3 Å². The van der Waals surface area contributed by atoms with Gasteiger partial charge in [0.05, 0.1) is 22.3 Å². The molecule has 1 fully saturated rings. The number of carbonyl (C=O) groups excluding carboxylic acids is 2. The van der Waals surface area contributed by atoms with Crippen molar-refractivity contribution < 1.29 is 22.8 Å². The molecule has 6 nitrogen and oxygen atoms in total. The second kappa shape index (κ2) is 8.67. The van der Waals surface area contributed by atoms with Gasteiger partial charge in [0.1, 0.15) is 0 Å². The lowest BCUT2D eigenvalue weighted by Gasteiger charge is -2.23. The Kier molecular flexibility index (Phi) is 6.40. The first-order valence-corrected chi connectivity index (χ1v) is 9.96. The zero-order valence-corrected chi connectivity index (χ0v) is 17.4. The normalized spacial score (nSPS) is 15.4. The van der Waals surface area contributed by atoms with Crippen molar-refractivity contribution in [3.05, 3.63) is 52.3 Å². The predicted octanol–water partition coefficient (Wildman–Crippen LogP) is 4.12. The molecular formula is C20H22ClF3N4O2. The lowest BCUT2D eigenvalue weighted by Crippen LogP contribution is -2.38. The maximum atomic E-state index is 13.6. The molecular weight excluding hydrogens is 421 g/mol. The summed E-state index contributed by atoms with van der Waals surface area (Å²) >= 11 is 6.10. The fourth-order valence-electron chi connectivity index (χ4n) is 3.49. The standard InChI is InChI=1S/C20H22ClF3N4O2/c1-13(2)28-17(20(22,23)24)15(12-25-28)19(30)27-9-5-8-26(10-11-27)18(29)14-6-3-4-7-16(14)21/h3-4,6-7,12-13H,5,8-11H2,1-2H3. The molecule has 2 aromatic rings. The van der Waals surface area contributed by atoms with Gasteiger partial charge in [0, 0.05) is 32.2 Å². The monoisotopic (exact) mass is 442 g/mol. The lowest BCUT2D eigenvalue weighted by molar-refractivity contribution is -0.145. The van der Waals surface area contributed by atoms with Gasteiger partial charge in [0.25, 0.3) is 11.8 Å². The van der Waals surface area contributed by atoms with Crippen LogP contribution in [0.3, 0.4) is 0 Å². The smallest absolute Gasteiger partial charge is 0.337 e. The van der Waals surface area contributed by atoms with Crippen LogP contribution in [0.15, 0.2) is 30.5 Å². The average Bonchev–Trinajstić information content (AvgIpc) is 3.00. The van der Waals surface area contributed by atoms with E-state index in [4.69, 9.17) is 11.6 Å². The Bertz CT molecular complexity index is 942. The number of amides is 2. The maximum Gasteiger partial charge on any atom is 0.433 e. The number of aromatic nitrogens is 2. The van der Waals surface area contributed by atoms with Crippen LogP contribution < -0.4 is 0 Å². The molecule has 0 unspecified atom stereocenters. The van der Waals surface area contributed by atoms with E-state index in [1.165, 1.54) is 4.90 Å². The molecule has 0 bridgehead atoms. The summed E-state index contributed by atoms with van der Waals surface area (Å²) in [5.74, 6) is -1.00. The Morgan fingerprint density at radius 2 is 1.57 bits per heavy atom. The van der Waals surface area contributed by atoms with Gasteiger partial charge in [-0.05, 0) is 32.4 Å². The summed E-state index contributed by atoms with van der Waals surface area (Å²) in [6, 6.07) is 6.12. The molecule has 0 aliphatic carbocycles. The predicted molar refractivity (Wildman–Crippen MR) is 105 cm³/mol. The van der Waals surface area contributed by atoms with Crippen LogP contribution in [0.2, 0.25) is 5.02 Å². The molecule has 30 heavy (non-hydrogen) atoms. The highest BCUT2D eigenvalue weighted by Gasteiger charge is 2.41. The van der Waals surface area contributed by atoms with Crippen LogP contribution in [0.1, 0.15) is 52.7 Å². The second-order valence-corrected chi connectivity index (χ2v) is 7.77. The minimum absolute atomic E-state index is 0.124. The van der Waals surface area contributed by atoms with Gasteiger partial charge in [-0.25, -0.2) is 0 Å². The van der Waals surface area contributed by atoms with Crippen molar-refractivity contribution in [2.75, 3.05) is 26.2 Å². The largest absolute Gasteiger partial charge is 0.433 e. The molecule has 2 heterocycles. The van der Waals surface area contributed by atoms with E-state index < -0.39 is 29.4 Å². The number of rotatable bonds is 3.